The average molecular weight is 487 g/mol. The summed E-state index contributed by atoms with van der Waals surface area (Å²) in [6, 6.07) is 4.43. The van der Waals surface area contributed by atoms with Crippen molar-refractivity contribution < 1.29 is 14.3 Å². The molecule has 4 heterocycles. The van der Waals surface area contributed by atoms with Gasteiger partial charge < -0.3 is 19.5 Å². The first-order valence-corrected chi connectivity index (χ1v) is 13.8. The SMILES string of the molecule is CCc1cc2c(cc3n2C[C@@](C)(C(=O)NC2CCC(C)CC2)N(CCN2CCOCC2)C3=O)s1. The third-order valence-corrected chi connectivity index (χ3v) is 9.31. The summed E-state index contributed by atoms with van der Waals surface area (Å²) in [5, 5.41) is 3.35. The molecule has 2 aromatic heterocycles. The summed E-state index contributed by atoms with van der Waals surface area (Å²) in [5.74, 6) is 0.684. The zero-order chi connectivity index (χ0) is 23.9. The van der Waals surface area contributed by atoms with Crippen molar-refractivity contribution in [2.45, 2.75) is 71.0 Å². The van der Waals surface area contributed by atoms with Crippen molar-refractivity contribution >= 4 is 33.4 Å². The quantitative estimate of drug-likeness (QED) is 0.679. The van der Waals surface area contributed by atoms with Gasteiger partial charge in [0.15, 0.2) is 0 Å². The summed E-state index contributed by atoms with van der Waals surface area (Å²) in [6.45, 7) is 11.4. The zero-order valence-corrected chi connectivity index (χ0v) is 21.6. The van der Waals surface area contributed by atoms with E-state index in [4.69, 9.17) is 4.74 Å². The Morgan fingerprint density at radius 2 is 1.91 bits per heavy atom. The Balaban J connectivity index is 1.43. The van der Waals surface area contributed by atoms with Crippen LogP contribution in [-0.2, 0) is 22.5 Å². The lowest BCUT2D eigenvalue weighted by Crippen LogP contribution is -2.66. The van der Waals surface area contributed by atoms with Crippen LogP contribution in [0.2, 0.25) is 0 Å². The van der Waals surface area contributed by atoms with Gasteiger partial charge in [0, 0.05) is 37.1 Å². The van der Waals surface area contributed by atoms with Crippen molar-refractivity contribution in [3.05, 3.63) is 22.7 Å². The van der Waals surface area contributed by atoms with Crippen molar-refractivity contribution in [2.24, 2.45) is 5.92 Å². The van der Waals surface area contributed by atoms with E-state index in [-0.39, 0.29) is 17.9 Å². The number of nitrogens with zero attached hydrogens (tertiary/aromatic N) is 3. The van der Waals surface area contributed by atoms with Crippen LogP contribution in [0.25, 0.3) is 10.2 Å². The molecule has 8 heteroatoms. The molecule has 0 spiro atoms. The lowest BCUT2D eigenvalue weighted by Gasteiger charge is -2.45. The highest BCUT2D eigenvalue weighted by Crippen LogP contribution is 2.36. The topological polar surface area (TPSA) is 66.8 Å². The van der Waals surface area contributed by atoms with Gasteiger partial charge in [0.05, 0.1) is 30.0 Å². The number of aromatic nitrogens is 1. The predicted molar refractivity (Wildman–Crippen MR) is 135 cm³/mol. The molecule has 34 heavy (non-hydrogen) atoms. The first-order chi connectivity index (χ1) is 16.4. The number of nitrogens with one attached hydrogen (secondary N) is 1. The Morgan fingerprint density at radius 3 is 2.62 bits per heavy atom. The van der Waals surface area contributed by atoms with Crippen LogP contribution in [0.15, 0.2) is 12.1 Å². The van der Waals surface area contributed by atoms with E-state index in [1.165, 1.54) is 4.88 Å². The Bertz CT molecular complexity index is 1050. The van der Waals surface area contributed by atoms with Crippen molar-refractivity contribution in [1.29, 1.82) is 0 Å². The van der Waals surface area contributed by atoms with Crippen LogP contribution in [0.5, 0.6) is 0 Å². The number of thiophene rings is 1. The molecule has 0 radical (unpaired) electrons. The first kappa shape index (κ1) is 23.8. The summed E-state index contributed by atoms with van der Waals surface area (Å²) in [7, 11) is 0. The van der Waals surface area contributed by atoms with E-state index in [0.717, 1.165) is 81.1 Å². The number of hydrogen-bond donors (Lipinski definition) is 1. The average Bonchev–Trinajstić information content (AvgIpc) is 3.39. The molecule has 0 aromatic carbocycles. The number of ether oxygens (including phenoxy) is 1. The molecule has 3 aliphatic rings. The maximum absolute atomic E-state index is 13.9. The highest BCUT2D eigenvalue weighted by atomic mass is 32.1. The molecule has 1 atom stereocenters. The van der Waals surface area contributed by atoms with Crippen LogP contribution in [0.4, 0.5) is 0 Å². The van der Waals surface area contributed by atoms with E-state index in [1.54, 1.807) is 11.3 Å². The summed E-state index contributed by atoms with van der Waals surface area (Å²) in [5.41, 5.74) is 0.880. The minimum absolute atomic E-state index is 0.0131. The maximum Gasteiger partial charge on any atom is 0.271 e. The fraction of sp³-hybridized carbons (Fsp3) is 0.692. The molecule has 2 aliphatic heterocycles. The van der Waals surface area contributed by atoms with E-state index in [9.17, 15) is 9.59 Å². The van der Waals surface area contributed by atoms with Gasteiger partial charge in [-0.05, 0) is 57.1 Å². The highest BCUT2D eigenvalue weighted by Gasteiger charge is 2.48. The van der Waals surface area contributed by atoms with Crippen LogP contribution >= 0.6 is 11.3 Å². The molecule has 2 aromatic rings. The molecule has 1 N–H and O–H groups in total. The molecule has 2 fully saturated rings. The molecule has 5 rings (SSSR count). The second kappa shape index (κ2) is 9.63. The summed E-state index contributed by atoms with van der Waals surface area (Å²) >= 11 is 1.75. The molecular weight excluding hydrogens is 448 g/mol. The largest absolute Gasteiger partial charge is 0.379 e. The lowest BCUT2D eigenvalue weighted by atomic mass is 9.86. The first-order valence-electron chi connectivity index (χ1n) is 12.9. The minimum atomic E-state index is -0.917. The normalized spacial score (nSPS) is 28.3. The highest BCUT2D eigenvalue weighted by molar-refractivity contribution is 7.19. The van der Waals surface area contributed by atoms with Crippen LogP contribution in [0.1, 0.15) is 61.8 Å². The van der Waals surface area contributed by atoms with Gasteiger partial charge in [-0.2, -0.15) is 0 Å². The molecule has 7 nitrogen and oxygen atoms in total. The number of morpholine rings is 1. The monoisotopic (exact) mass is 486 g/mol. The van der Waals surface area contributed by atoms with E-state index in [1.807, 2.05) is 17.9 Å². The Hall–Kier alpha value is -1.90. The number of rotatable bonds is 6. The van der Waals surface area contributed by atoms with Crippen LogP contribution in [-0.4, -0.2) is 77.2 Å². The lowest BCUT2D eigenvalue weighted by molar-refractivity contribution is -0.134. The third kappa shape index (κ3) is 4.40. The Labute approximate surface area is 206 Å². The van der Waals surface area contributed by atoms with Crippen molar-refractivity contribution in [3.63, 3.8) is 0 Å². The second-order valence-electron chi connectivity index (χ2n) is 10.5. The molecule has 0 bridgehead atoms. The Kier molecular flexibility index (Phi) is 6.75. The minimum Gasteiger partial charge on any atom is -0.379 e. The Morgan fingerprint density at radius 1 is 1.18 bits per heavy atom. The van der Waals surface area contributed by atoms with E-state index in [2.05, 4.69) is 34.7 Å². The van der Waals surface area contributed by atoms with Gasteiger partial charge in [-0.25, -0.2) is 0 Å². The van der Waals surface area contributed by atoms with Gasteiger partial charge in [-0.3, -0.25) is 14.5 Å². The number of carbonyl (C=O) groups is 2. The second-order valence-corrected chi connectivity index (χ2v) is 11.7. The molecule has 1 aliphatic carbocycles. The molecule has 1 saturated heterocycles. The smallest absolute Gasteiger partial charge is 0.271 e. The fourth-order valence-corrected chi connectivity index (χ4v) is 6.77. The number of carbonyl (C=O) groups excluding carboxylic acids is 2. The summed E-state index contributed by atoms with van der Waals surface area (Å²) in [6.07, 6.45) is 5.32. The number of hydrogen-bond acceptors (Lipinski definition) is 5. The van der Waals surface area contributed by atoms with Crippen molar-refractivity contribution in [3.8, 4) is 0 Å². The number of amides is 2. The van der Waals surface area contributed by atoms with E-state index < -0.39 is 5.54 Å². The third-order valence-electron chi connectivity index (χ3n) is 8.10. The molecular formula is C26H38N4O3S. The van der Waals surface area contributed by atoms with Crippen LogP contribution in [0.3, 0.4) is 0 Å². The van der Waals surface area contributed by atoms with Crippen LogP contribution < -0.4 is 5.32 Å². The van der Waals surface area contributed by atoms with E-state index >= 15 is 0 Å². The standard InChI is InChI=1S/C26H38N4O3S/c1-4-20-15-21-23(34-20)16-22-24(31)30(10-9-28-11-13-33-14-12-28)26(3,17-29(21)22)25(32)27-19-7-5-18(2)6-8-19/h15-16,18-19H,4-14,17H2,1-3H3,(H,27,32)/t18?,19?,26-/m0/s1. The maximum atomic E-state index is 13.9. The summed E-state index contributed by atoms with van der Waals surface area (Å²) in [4.78, 5) is 33.2. The van der Waals surface area contributed by atoms with Gasteiger partial charge in [-0.15, -0.1) is 11.3 Å². The predicted octanol–water partition coefficient (Wildman–Crippen LogP) is 3.51. The van der Waals surface area contributed by atoms with Gasteiger partial charge in [0.25, 0.3) is 5.91 Å². The summed E-state index contributed by atoms with van der Waals surface area (Å²) < 4.78 is 8.72. The van der Waals surface area contributed by atoms with Crippen LogP contribution in [0, 0.1) is 5.92 Å². The molecule has 186 valence electrons. The van der Waals surface area contributed by atoms with Gasteiger partial charge in [-0.1, -0.05) is 13.8 Å². The number of aryl methyl sites for hydroxylation is 1. The van der Waals surface area contributed by atoms with E-state index in [0.29, 0.717) is 18.8 Å². The number of fused-ring (bicyclic) bond motifs is 3. The van der Waals surface area contributed by atoms with Crippen molar-refractivity contribution in [1.82, 2.24) is 19.7 Å². The van der Waals surface area contributed by atoms with Gasteiger partial charge in [0.2, 0.25) is 5.91 Å². The van der Waals surface area contributed by atoms with Crippen molar-refractivity contribution in [2.75, 3.05) is 39.4 Å². The molecule has 1 saturated carbocycles. The fourth-order valence-electron chi connectivity index (χ4n) is 5.72. The van der Waals surface area contributed by atoms with Gasteiger partial charge >= 0.3 is 0 Å². The molecule has 0 unspecified atom stereocenters. The zero-order valence-electron chi connectivity index (χ0n) is 20.8. The molecule has 2 amide bonds. The van der Waals surface area contributed by atoms with Gasteiger partial charge in [0.1, 0.15) is 11.2 Å².